The van der Waals surface area contributed by atoms with Crippen LogP contribution in [-0.2, 0) is 14.0 Å². The molecule has 0 N–H and O–H groups in total. The van der Waals surface area contributed by atoms with E-state index in [9.17, 15) is 4.79 Å². The van der Waals surface area contributed by atoms with Gasteiger partial charge in [0.15, 0.2) is 0 Å². The van der Waals surface area contributed by atoms with Crippen LogP contribution in [-0.4, -0.2) is 48.0 Å². The molecule has 26 heavy (non-hydrogen) atoms. The van der Waals surface area contributed by atoms with Gasteiger partial charge in [0.1, 0.15) is 5.60 Å². The lowest BCUT2D eigenvalue weighted by Crippen LogP contribution is -2.51. The molecular weight excluding hydrogens is 329 g/mol. The Labute approximate surface area is 158 Å². The lowest BCUT2D eigenvalue weighted by Gasteiger charge is -2.50. The van der Waals surface area contributed by atoms with Gasteiger partial charge in [-0.25, -0.2) is 4.79 Å². The Morgan fingerprint density at radius 3 is 2.27 bits per heavy atom. The van der Waals surface area contributed by atoms with Gasteiger partial charge in [0.2, 0.25) is 0 Å². The predicted octanol–water partition coefficient (Wildman–Crippen LogP) is 4.36. The molecule has 0 aromatic heterocycles. The second-order valence-electron chi connectivity index (χ2n) is 10.3. The topological polar surface area (TPSA) is 48.0 Å². The molecule has 6 heteroatoms. The van der Waals surface area contributed by atoms with Gasteiger partial charge in [0, 0.05) is 13.1 Å². The fourth-order valence-electron chi connectivity index (χ4n) is 4.16. The average molecular weight is 363 g/mol. The first kappa shape index (κ1) is 19.7. The van der Waals surface area contributed by atoms with Gasteiger partial charge in [-0.2, -0.15) is 0 Å². The molecule has 1 aliphatic carbocycles. The number of carbonyl (C=O) groups excluding carboxylic acids is 1. The molecular formula is C20H34BNO4. The van der Waals surface area contributed by atoms with Crippen molar-refractivity contribution in [2.75, 3.05) is 13.1 Å². The van der Waals surface area contributed by atoms with E-state index < -0.39 is 5.60 Å². The summed E-state index contributed by atoms with van der Waals surface area (Å²) in [5.41, 5.74) is 0.561. The van der Waals surface area contributed by atoms with Crippen LogP contribution in [0.25, 0.3) is 0 Å². The highest BCUT2D eigenvalue weighted by molar-refractivity contribution is 6.51. The summed E-state index contributed by atoms with van der Waals surface area (Å²) in [5.74, 6) is 2.15. The van der Waals surface area contributed by atoms with Crippen LogP contribution >= 0.6 is 0 Å². The van der Waals surface area contributed by atoms with Gasteiger partial charge in [0.05, 0.1) is 11.2 Å². The van der Waals surface area contributed by atoms with Crippen LogP contribution < -0.4 is 0 Å². The number of nitrogens with zero attached hydrogens (tertiary/aromatic N) is 1. The van der Waals surface area contributed by atoms with Crippen LogP contribution in [0.1, 0.15) is 74.1 Å². The first-order valence-corrected chi connectivity index (χ1v) is 9.84. The summed E-state index contributed by atoms with van der Waals surface area (Å²) in [6.45, 7) is 15.6. The highest BCUT2D eigenvalue weighted by atomic mass is 16.7. The molecule has 3 rings (SSSR count). The summed E-state index contributed by atoms with van der Waals surface area (Å²) in [6.07, 6.45) is 4.09. The average Bonchev–Trinajstić information content (AvgIpc) is 2.63. The van der Waals surface area contributed by atoms with Crippen molar-refractivity contribution in [3.05, 3.63) is 11.5 Å². The van der Waals surface area contributed by atoms with Crippen molar-refractivity contribution < 1.29 is 18.8 Å². The number of carbonyl (C=O) groups is 1. The van der Waals surface area contributed by atoms with E-state index in [0.717, 1.165) is 32.4 Å². The Bertz CT molecular complexity index is 581. The third-order valence-electron chi connectivity index (χ3n) is 6.16. The van der Waals surface area contributed by atoms with E-state index in [2.05, 4.69) is 33.7 Å². The molecule has 0 aromatic carbocycles. The van der Waals surface area contributed by atoms with Crippen molar-refractivity contribution in [2.45, 2.75) is 91.0 Å². The normalized spacial score (nSPS) is 30.3. The van der Waals surface area contributed by atoms with Gasteiger partial charge >= 0.3 is 13.2 Å². The summed E-state index contributed by atoms with van der Waals surface area (Å²) in [4.78, 5) is 14.3. The SMILES string of the molecule is CC(C)(C)OC(=O)N1CCCC2(CC(=CB3OC(C)(C)C(C)(C)O3)C2)C1. The number of likely N-dealkylation sites (tertiary alicyclic amines) is 1. The number of ether oxygens (including phenoxy) is 1. The van der Waals surface area contributed by atoms with Crippen LogP contribution in [0.2, 0.25) is 0 Å². The molecule has 3 fully saturated rings. The van der Waals surface area contributed by atoms with Crippen molar-refractivity contribution in [1.82, 2.24) is 4.90 Å². The van der Waals surface area contributed by atoms with E-state index in [1.807, 2.05) is 25.7 Å². The van der Waals surface area contributed by atoms with E-state index in [-0.39, 0.29) is 29.8 Å². The number of hydrogen-bond acceptors (Lipinski definition) is 4. The van der Waals surface area contributed by atoms with E-state index in [1.165, 1.54) is 12.0 Å². The third kappa shape index (κ3) is 3.96. The number of amides is 1. The van der Waals surface area contributed by atoms with Crippen LogP contribution in [0.15, 0.2) is 11.5 Å². The molecule has 1 amide bonds. The maximum Gasteiger partial charge on any atom is 0.487 e. The van der Waals surface area contributed by atoms with E-state index >= 15 is 0 Å². The molecule has 0 radical (unpaired) electrons. The second kappa shape index (κ2) is 6.27. The molecule has 3 aliphatic rings. The Morgan fingerprint density at radius 1 is 1.15 bits per heavy atom. The molecule has 0 atom stereocenters. The molecule has 2 heterocycles. The van der Waals surface area contributed by atoms with E-state index in [1.54, 1.807) is 0 Å². The molecule has 0 unspecified atom stereocenters. The Morgan fingerprint density at radius 2 is 1.73 bits per heavy atom. The van der Waals surface area contributed by atoms with Crippen LogP contribution in [0.3, 0.4) is 0 Å². The second-order valence-corrected chi connectivity index (χ2v) is 10.3. The molecule has 1 spiro atoms. The van der Waals surface area contributed by atoms with Gasteiger partial charge in [-0.3, -0.25) is 0 Å². The smallest absolute Gasteiger partial charge is 0.444 e. The quantitative estimate of drug-likeness (QED) is 0.650. The molecule has 1 saturated carbocycles. The third-order valence-corrected chi connectivity index (χ3v) is 6.16. The molecule has 2 saturated heterocycles. The lowest BCUT2D eigenvalue weighted by molar-refractivity contribution is -0.00381. The fourth-order valence-corrected chi connectivity index (χ4v) is 4.16. The van der Waals surface area contributed by atoms with Crippen molar-refractivity contribution in [3.8, 4) is 0 Å². The number of rotatable bonds is 1. The number of piperidine rings is 1. The van der Waals surface area contributed by atoms with Crippen molar-refractivity contribution in [1.29, 1.82) is 0 Å². The van der Waals surface area contributed by atoms with Gasteiger partial charge in [-0.05, 0) is 79.6 Å². The number of hydrogen-bond donors (Lipinski definition) is 0. The van der Waals surface area contributed by atoms with Crippen LogP contribution in [0.5, 0.6) is 0 Å². The van der Waals surface area contributed by atoms with Crippen molar-refractivity contribution in [3.63, 3.8) is 0 Å². The van der Waals surface area contributed by atoms with Gasteiger partial charge in [-0.1, -0.05) is 11.5 Å². The monoisotopic (exact) mass is 363 g/mol. The Kier molecular flexibility index (Phi) is 4.76. The van der Waals surface area contributed by atoms with Crippen LogP contribution in [0, 0.1) is 5.41 Å². The fraction of sp³-hybridized carbons (Fsp3) is 0.850. The summed E-state index contributed by atoms with van der Waals surface area (Å²) in [7, 11) is -0.266. The highest BCUT2D eigenvalue weighted by Crippen LogP contribution is 2.51. The summed E-state index contributed by atoms with van der Waals surface area (Å²) >= 11 is 0. The van der Waals surface area contributed by atoms with Crippen molar-refractivity contribution >= 4 is 13.2 Å². The minimum absolute atomic E-state index is 0.181. The molecule has 5 nitrogen and oxygen atoms in total. The lowest BCUT2D eigenvalue weighted by atomic mass is 9.59. The van der Waals surface area contributed by atoms with Gasteiger partial charge in [0.25, 0.3) is 0 Å². The standard InChI is InChI=1S/C20H34BNO4/c1-17(2,3)24-16(23)22-10-8-9-20(14-22)11-15(12-20)13-21-25-18(4,5)19(6,7)26-21/h13H,8-12,14H2,1-7H3. The summed E-state index contributed by atoms with van der Waals surface area (Å²) < 4.78 is 17.7. The summed E-state index contributed by atoms with van der Waals surface area (Å²) in [5, 5.41) is 0. The first-order valence-electron chi connectivity index (χ1n) is 9.84. The maximum atomic E-state index is 12.4. The van der Waals surface area contributed by atoms with Gasteiger partial charge in [-0.15, -0.1) is 0 Å². The Hall–Kier alpha value is -1.01. The largest absolute Gasteiger partial charge is 0.487 e. The molecule has 2 aliphatic heterocycles. The highest BCUT2D eigenvalue weighted by Gasteiger charge is 2.52. The summed E-state index contributed by atoms with van der Waals surface area (Å²) in [6, 6.07) is 0. The molecule has 0 aromatic rings. The van der Waals surface area contributed by atoms with Gasteiger partial charge < -0.3 is 18.9 Å². The van der Waals surface area contributed by atoms with E-state index in [0.29, 0.717) is 0 Å². The molecule has 146 valence electrons. The maximum absolute atomic E-state index is 12.4. The number of allylic oxidation sites excluding steroid dienone is 1. The first-order chi connectivity index (χ1) is 11.8. The Balaban J connectivity index is 1.57. The zero-order valence-electron chi connectivity index (χ0n) is 17.5. The minimum Gasteiger partial charge on any atom is -0.444 e. The zero-order valence-corrected chi connectivity index (χ0v) is 17.5. The minimum atomic E-state index is -0.441. The van der Waals surface area contributed by atoms with Crippen LogP contribution in [0.4, 0.5) is 4.79 Å². The molecule has 0 bridgehead atoms. The van der Waals surface area contributed by atoms with E-state index in [4.69, 9.17) is 14.0 Å². The predicted molar refractivity (Wildman–Crippen MR) is 103 cm³/mol. The van der Waals surface area contributed by atoms with Crippen molar-refractivity contribution in [2.24, 2.45) is 5.41 Å². The zero-order chi connectivity index (χ0) is 19.4.